The summed E-state index contributed by atoms with van der Waals surface area (Å²) in [5.74, 6) is 0.314. The van der Waals surface area contributed by atoms with E-state index in [1.165, 1.54) is 11.9 Å². The quantitative estimate of drug-likeness (QED) is 0.811. The minimum atomic E-state index is -0.835. The first-order valence-electron chi connectivity index (χ1n) is 8.29. The second-order valence-electron chi connectivity index (χ2n) is 5.84. The van der Waals surface area contributed by atoms with Crippen molar-refractivity contribution in [3.8, 4) is 17.6 Å². The summed E-state index contributed by atoms with van der Waals surface area (Å²) < 4.78 is 10.6. The number of hydrogen-bond donors (Lipinski definition) is 1. The van der Waals surface area contributed by atoms with Crippen LogP contribution in [0.5, 0.6) is 11.5 Å². The smallest absolute Gasteiger partial charge is 0.263 e. The Morgan fingerprint density at radius 3 is 2.48 bits per heavy atom. The van der Waals surface area contributed by atoms with Crippen molar-refractivity contribution in [3.05, 3.63) is 54.1 Å². The molecule has 0 radical (unpaired) electrons. The van der Waals surface area contributed by atoms with Crippen molar-refractivity contribution < 1.29 is 19.1 Å². The van der Waals surface area contributed by atoms with E-state index >= 15 is 0 Å². The standard InChI is InChI=1S/C20H21N3O4/c1-14(27-18-7-5-4-6-15(18)12-21)20(25)23(2)13-19(24)22-16-8-10-17(26-3)11-9-16/h4-11,14H,13H2,1-3H3,(H,22,24). The predicted octanol–water partition coefficient (Wildman–Crippen LogP) is 2.43. The highest BCUT2D eigenvalue weighted by molar-refractivity contribution is 5.95. The van der Waals surface area contributed by atoms with Gasteiger partial charge in [-0.15, -0.1) is 0 Å². The molecule has 0 aliphatic heterocycles. The summed E-state index contributed by atoms with van der Waals surface area (Å²) in [6.07, 6.45) is -0.835. The second-order valence-corrected chi connectivity index (χ2v) is 5.84. The number of ether oxygens (including phenoxy) is 2. The Labute approximate surface area is 158 Å². The maximum Gasteiger partial charge on any atom is 0.263 e. The summed E-state index contributed by atoms with van der Waals surface area (Å²) in [4.78, 5) is 25.9. The third-order valence-corrected chi connectivity index (χ3v) is 3.79. The van der Waals surface area contributed by atoms with E-state index in [1.807, 2.05) is 6.07 Å². The van der Waals surface area contributed by atoms with Gasteiger partial charge in [-0.25, -0.2) is 0 Å². The number of amides is 2. The molecule has 1 N–H and O–H groups in total. The molecule has 0 aromatic heterocycles. The monoisotopic (exact) mass is 367 g/mol. The summed E-state index contributed by atoms with van der Waals surface area (Å²) in [6, 6.07) is 15.6. The van der Waals surface area contributed by atoms with E-state index < -0.39 is 6.10 Å². The molecule has 7 heteroatoms. The molecule has 0 spiro atoms. The molecule has 27 heavy (non-hydrogen) atoms. The fraction of sp³-hybridized carbons (Fsp3) is 0.250. The first kappa shape index (κ1) is 19.8. The van der Waals surface area contributed by atoms with Gasteiger partial charge in [0.2, 0.25) is 5.91 Å². The Bertz CT molecular complexity index is 843. The Hall–Kier alpha value is -3.53. The van der Waals surface area contributed by atoms with E-state index in [0.29, 0.717) is 22.7 Å². The van der Waals surface area contributed by atoms with Crippen LogP contribution in [0.15, 0.2) is 48.5 Å². The number of carbonyl (C=O) groups is 2. The Balaban J connectivity index is 1.91. The van der Waals surface area contributed by atoms with Crippen LogP contribution in [0.3, 0.4) is 0 Å². The van der Waals surface area contributed by atoms with Crippen molar-refractivity contribution in [1.82, 2.24) is 4.90 Å². The first-order chi connectivity index (χ1) is 12.9. The number of methoxy groups -OCH3 is 1. The third kappa shape index (κ3) is 5.47. The fourth-order valence-electron chi connectivity index (χ4n) is 2.38. The highest BCUT2D eigenvalue weighted by atomic mass is 16.5. The van der Waals surface area contributed by atoms with Gasteiger partial charge >= 0.3 is 0 Å². The van der Waals surface area contributed by atoms with Crippen molar-refractivity contribution in [2.75, 3.05) is 26.0 Å². The van der Waals surface area contributed by atoms with Gasteiger partial charge in [0, 0.05) is 12.7 Å². The number of para-hydroxylation sites is 1. The highest BCUT2D eigenvalue weighted by Gasteiger charge is 2.22. The molecule has 2 rings (SSSR count). The lowest BCUT2D eigenvalue weighted by Gasteiger charge is -2.22. The molecule has 0 heterocycles. The molecule has 0 saturated carbocycles. The van der Waals surface area contributed by atoms with Crippen LogP contribution in [-0.2, 0) is 9.59 Å². The summed E-state index contributed by atoms with van der Waals surface area (Å²) in [6.45, 7) is 1.45. The van der Waals surface area contributed by atoms with E-state index in [-0.39, 0.29) is 18.4 Å². The number of hydrogen-bond acceptors (Lipinski definition) is 5. The Morgan fingerprint density at radius 1 is 1.19 bits per heavy atom. The molecule has 2 aromatic carbocycles. The summed E-state index contributed by atoms with van der Waals surface area (Å²) in [5, 5.41) is 11.8. The molecule has 1 atom stereocenters. The molecule has 7 nitrogen and oxygen atoms in total. The number of nitriles is 1. The first-order valence-corrected chi connectivity index (χ1v) is 8.29. The lowest BCUT2D eigenvalue weighted by atomic mass is 10.2. The number of benzene rings is 2. The van der Waals surface area contributed by atoms with Gasteiger partial charge in [0.1, 0.15) is 17.6 Å². The van der Waals surface area contributed by atoms with Crippen molar-refractivity contribution in [2.24, 2.45) is 0 Å². The summed E-state index contributed by atoms with van der Waals surface area (Å²) >= 11 is 0. The second kappa shape index (κ2) is 9.25. The van der Waals surface area contributed by atoms with E-state index in [0.717, 1.165) is 0 Å². The molecule has 140 valence electrons. The molecule has 2 amide bonds. The molecule has 1 unspecified atom stereocenters. The number of carbonyl (C=O) groups excluding carboxylic acids is 2. The molecule has 0 aliphatic carbocycles. The van der Waals surface area contributed by atoms with E-state index in [4.69, 9.17) is 14.7 Å². The molecule has 0 fully saturated rings. The van der Waals surface area contributed by atoms with Crippen molar-refractivity contribution >= 4 is 17.5 Å². The third-order valence-electron chi connectivity index (χ3n) is 3.79. The van der Waals surface area contributed by atoms with Crippen LogP contribution in [0.25, 0.3) is 0 Å². The van der Waals surface area contributed by atoms with Crippen molar-refractivity contribution in [2.45, 2.75) is 13.0 Å². The van der Waals surface area contributed by atoms with Crippen molar-refractivity contribution in [3.63, 3.8) is 0 Å². The molecule has 2 aromatic rings. The normalized spacial score (nSPS) is 11.0. The van der Waals surface area contributed by atoms with Crippen LogP contribution in [0.4, 0.5) is 5.69 Å². The van der Waals surface area contributed by atoms with E-state index in [2.05, 4.69) is 5.32 Å². The minimum absolute atomic E-state index is 0.127. The van der Waals surface area contributed by atoms with Gasteiger partial charge in [0.05, 0.1) is 19.2 Å². The van der Waals surface area contributed by atoms with Gasteiger partial charge < -0.3 is 19.7 Å². The number of nitrogens with zero attached hydrogens (tertiary/aromatic N) is 2. The molecule has 0 saturated heterocycles. The average Bonchev–Trinajstić information content (AvgIpc) is 2.68. The van der Waals surface area contributed by atoms with Crippen LogP contribution in [0.1, 0.15) is 12.5 Å². The molecular formula is C20H21N3O4. The van der Waals surface area contributed by atoms with Gasteiger partial charge in [-0.3, -0.25) is 9.59 Å². The zero-order chi connectivity index (χ0) is 19.8. The number of likely N-dealkylation sites (N-methyl/N-ethyl adjacent to an activating group) is 1. The SMILES string of the molecule is COc1ccc(NC(=O)CN(C)C(=O)C(C)Oc2ccccc2C#N)cc1. The zero-order valence-electron chi connectivity index (χ0n) is 15.4. The number of rotatable bonds is 7. The summed E-state index contributed by atoms with van der Waals surface area (Å²) in [7, 11) is 3.08. The van der Waals surface area contributed by atoms with Gasteiger partial charge in [0.25, 0.3) is 5.91 Å². The van der Waals surface area contributed by atoms with Gasteiger partial charge in [-0.1, -0.05) is 12.1 Å². The number of nitrogens with one attached hydrogen (secondary N) is 1. The van der Waals surface area contributed by atoms with Crippen LogP contribution in [0.2, 0.25) is 0 Å². The predicted molar refractivity (Wildman–Crippen MR) is 101 cm³/mol. The molecule has 0 bridgehead atoms. The van der Waals surface area contributed by atoms with E-state index in [1.54, 1.807) is 62.6 Å². The largest absolute Gasteiger partial charge is 0.497 e. The van der Waals surface area contributed by atoms with E-state index in [9.17, 15) is 9.59 Å². The zero-order valence-corrected chi connectivity index (χ0v) is 15.4. The number of anilines is 1. The fourth-order valence-corrected chi connectivity index (χ4v) is 2.38. The summed E-state index contributed by atoms with van der Waals surface area (Å²) in [5.41, 5.74) is 0.950. The van der Waals surface area contributed by atoms with Crippen LogP contribution in [0, 0.1) is 11.3 Å². The average molecular weight is 367 g/mol. The van der Waals surface area contributed by atoms with Gasteiger partial charge in [-0.05, 0) is 43.3 Å². The lowest BCUT2D eigenvalue weighted by Crippen LogP contribution is -2.42. The molecular weight excluding hydrogens is 346 g/mol. The Kier molecular flexibility index (Phi) is 6.78. The maximum atomic E-state index is 12.4. The van der Waals surface area contributed by atoms with Crippen LogP contribution < -0.4 is 14.8 Å². The van der Waals surface area contributed by atoms with Crippen molar-refractivity contribution in [1.29, 1.82) is 5.26 Å². The highest BCUT2D eigenvalue weighted by Crippen LogP contribution is 2.19. The lowest BCUT2D eigenvalue weighted by molar-refractivity contribution is -0.139. The maximum absolute atomic E-state index is 12.4. The minimum Gasteiger partial charge on any atom is -0.497 e. The Morgan fingerprint density at radius 2 is 1.85 bits per heavy atom. The van der Waals surface area contributed by atoms with Gasteiger partial charge in [-0.2, -0.15) is 5.26 Å². The van der Waals surface area contributed by atoms with Gasteiger partial charge in [0.15, 0.2) is 6.10 Å². The topological polar surface area (TPSA) is 91.7 Å². The van der Waals surface area contributed by atoms with Crippen LogP contribution in [-0.4, -0.2) is 43.5 Å². The molecule has 0 aliphatic rings. The van der Waals surface area contributed by atoms with Crippen LogP contribution >= 0.6 is 0 Å².